The van der Waals surface area contributed by atoms with Crippen LogP contribution >= 0.6 is 0 Å². The van der Waals surface area contributed by atoms with Gasteiger partial charge in [0.2, 0.25) is 0 Å². The van der Waals surface area contributed by atoms with Gasteiger partial charge in [-0.05, 0) is 29.3 Å². The summed E-state index contributed by atoms with van der Waals surface area (Å²) in [7, 11) is 1.64. The number of rotatable bonds is 2. The van der Waals surface area contributed by atoms with Crippen molar-refractivity contribution in [1.82, 2.24) is 0 Å². The average Bonchev–Trinajstić information content (AvgIpc) is 2.47. The Bertz CT molecular complexity index is 562. The molecule has 2 atom stereocenters. The maximum absolute atomic E-state index is 10.2. The zero-order valence-corrected chi connectivity index (χ0v) is 10.7. The minimum atomic E-state index is -0.525. The summed E-state index contributed by atoms with van der Waals surface area (Å²) in [5.74, 6) is 1.66. The SMILES string of the molecule is COc1ccc([C@H]2Oc3ccccc3C[C@H]2O)cc1. The molecule has 0 aliphatic carbocycles. The maximum atomic E-state index is 10.2. The summed E-state index contributed by atoms with van der Waals surface area (Å²) in [6.45, 7) is 0. The molecular formula is C16H16O3. The van der Waals surface area contributed by atoms with Gasteiger partial charge in [-0.25, -0.2) is 0 Å². The third-order valence-corrected chi connectivity index (χ3v) is 3.45. The molecule has 3 rings (SSSR count). The third-order valence-electron chi connectivity index (χ3n) is 3.45. The van der Waals surface area contributed by atoms with Crippen LogP contribution in [-0.2, 0) is 6.42 Å². The lowest BCUT2D eigenvalue weighted by Crippen LogP contribution is -2.30. The number of methoxy groups -OCH3 is 1. The van der Waals surface area contributed by atoms with Gasteiger partial charge in [-0.2, -0.15) is 0 Å². The van der Waals surface area contributed by atoms with Crippen molar-refractivity contribution in [2.45, 2.75) is 18.6 Å². The van der Waals surface area contributed by atoms with Crippen molar-refractivity contribution in [3.05, 3.63) is 59.7 Å². The topological polar surface area (TPSA) is 38.7 Å². The van der Waals surface area contributed by atoms with Crippen LogP contribution in [0.1, 0.15) is 17.2 Å². The molecule has 1 heterocycles. The molecule has 1 aliphatic heterocycles. The van der Waals surface area contributed by atoms with E-state index in [1.807, 2.05) is 48.5 Å². The Hall–Kier alpha value is -2.00. The molecule has 0 saturated carbocycles. The molecule has 19 heavy (non-hydrogen) atoms. The number of fused-ring (bicyclic) bond motifs is 1. The van der Waals surface area contributed by atoms with Crippen molar-refractivity contribution < 1.29 is 14.6 Å². The Balaban J connectivity index is 1.89. The lowest BCUT2D eigenvalue weighted by molar-refractivity contribution is 0.0208. The number of ether oxygens (including phenoxy) is 2. The minimum Gasteiger partial charge on any atom is -0.497 e. The van der Waals surface area contributed by atoms with Gasteiger partial charge in [0.15, 0.2) is 0 Å². The zero-order valence-electron chi connectivity index (χ0n) is 10.7. The number of aliphatic hydroxyl groups is 1. The normalized spacial score (nSPS) is 21.4. The minimum absolute atomic E-state index is 0.319. The standard InChI is InChI=1S/C16H16O3/c1-18-13-8-6-11(7-9-13)16-14(17)10-12-4-2-3-5-15(12)19-16/h2-9,14,16-17H,10H2,1H3/t14-,16-/m1/s1. The Morgan fingerprint density at radius 2 is 1.84 bits per heavy atom. The van der Waals surface area contributed by atoms with Gasteiger partial charge < -0.3 is 14.6 Å². The van der Waals surface area contributed by atoms with Gasteiger partial charge in [0.1, 0.15) is 17.6 Å². The number of aliphatic hydroxyl groups excluding tert-OH is 1. The molecule has 0 radical (unpaired) electrons. The summed E-state index contributed by atoms with van der Waals surface area (Å²) in [6.07, 6.45) is -0.225. The van der Waals surface area contributed by atoms with Crippen molar-refractivity contribution in [3.63, 3.8) is 0 Å². The van der Waals surface area contributed by atoms with Crippen LogP contribution in [-0.4, -0.2) is 18.3 Å². The number of hydrogen-bond acceptors (Lipinski definition) is 3. The van der Waals surface area contributed by atoms with E-state index in [2.05, 4.69) is 0 Å². The Labute approximate surface area is 112 Å². The van der Waals surface area contributed by atoms with Crippen LogP contribution in [0, 0.1) is 0 Å². The maximum Gasteiger partial charge on any atom is 0.150 e. The van der Waals surface area contributed by atoms with Gasteiger partial charge >= 0.3 is 0 Å². The highest BCUT2D eigenvalue weighted by Crippen LogP contribution is 2.35. The van der Waals surface area contributed by atoms with E-state index in [0.717, 1.165) is 22.6 Å². The average molecular weight is 256 g/mol. The first-order valence-corrected chi connectivity index (χ1v) is 6.34. The van der Waals surface area contributed by atoms with Crippen LogP contribution in [0.15, 0.2) is 48.5 Å². The molecule has 2 aromatic carbocycles. The Morgan fingerprint density at radius 1 is 1.11 bits per heavy atom. The van der Waals surface area contributed by atoms with Crippen LogP contribution < -0.4 is 9.47 Å². The largest absolute Gasteiger partial charge is 0.497 e. The summed E-state index contributed by atoms with van der Waals surface area (Å²) in [4.78, 5) is 0. The van der Waals surface area contributed by atoms with Crippen LogP contribution in [0.25, 0.3) is 0 Å². The second kappa shape index (κ2) is 4.94. The highest BCUT2D eigenvalue weighted by Gasteiger charge is 2.29. The van der Waals surface area contributed by atoms with Crippen molar-refractivity contribution in [1.29, 1.82) is 0 Å². The molecule has 1 N–H and O–H groups in total. The fraction of sp³-hybridized carbons (Fsp3) is 0.250. The van der Waals surface area contributed by atoms with E-state index in [9.17, 15) is 5.11 Å². The predicted octanol–water partition coefficient (Wildman–Crippen LogP) is 2.73. The van der Waals surface area contributed by atoms with Crippen LogP contribution in [0.2, 0.25) is 0 Å². The number of para-hydroxylation sites is 1. The molecule has 2 aromatic rings. The van der Waals surface area contributed by atoms with Gasteiger partial charge in [-0.1, -0.05) is 30.3 Å². The van der Waals surface area contributed by atoms with E-state index >= 15 is 0 Å². The second-order valence-corrected chi connectivity index (χ2v) is 4.69. The molecule has 3 heteroatoms. The van der Waals surface area contributed by atoms with Gasteiger partial charge in [0, 0.05) is 6.42 Å². The van der Waals surface area contributed by atoms with E-state index in [1.54, 1.807) is 7.11 Å². The Kier molecular flexibility index (Phi) is 3.13. The van der Waals surface area contributed by atoms with Crippen LogP contribution in [0.3, 0.4) is 0 Å². The first kappa shape index (κ1) is 12.1. The molecule has 0 saturated heterocycles. The highest BCUT2D eigenvalue weighted by molar-refractivity contribution is 5.38. The summed E-state index contributed by atoms with van der Waals surface area (Å²) in [5.41, 5.74) is 2.02. The third kappa shape index (κ3) is 2.29. The van der Waals surface area contributed by atoms with Crippen molar-refractivity contribution in [3.8, 4) is 11.5 Å². The number of benzene rings is 2. The van der Waals surface area contributed by atoms with Gasteiger partial charge in [-0.15, -0.1) is 0 Å². The van der Waals surface area contributed by atoms with Crippen molar-refractivity contribution >= 4 is 0 Å². The molecule has 0 amide bonds. The van der Waals surface area contributed by atoms with Gasteiger partial charge in [-0.3, -0.25) is 0 Å². The van der Waals surface area contributed by atoms with E-state index in [0.29, 0.717) is 6.42 Å². The lowest BCUT2D eigenvalue weighted by atomic mass is 9.95. The molecule has 0 unspecified atom stereocenters. The summed E-state index contributed by atoms with van der Waals surface area (Å²) < 4.78 is 11.0. The molecule has 3 nitrogen and oxygen atoms in total. The van der Waals surface area contributed by atoms with E-state index in [1.165, 1.54) is 0 Å². The van der Waals surface area contributed by atoms with Gasteiger partial charge in [0.05, 0.1) is 13.2 Å². The van der Waals surface area contributed by atoms with Gasteiger partial charge in [0.25, 0.3) is 0 Å². The summed E-state index contributed by atoms with van der Waals surface area (Å²) >= 11 is 0. The van der Waals surface area contributed by atoms with Crippen LogP contribution in [0.5, 0.6) is 11.5 Å². The zero-order chi connectivity index (χ0) is 13.2. The van der Waals surface area contributed by atoms with Crippen molar-refractivity contribution in [2.75, 3.05) is 7.11 Å². The fourth-order valence-corrected chi connectivity index (χ4v) is 2.42. The Morgan fingerprint density at radius 3 is 2.58 bits per heavy atom. The summed E-state index contributed by atoms with van der Waals surface area (Å²) in [6, 6.07) is 15.5. The smallest absolute Gasteiger partial charge is 0.150 e. The molecule has 1 aliphatic rings. The quantitative estimate of drug-likeness (QED) is 0.898. The molecule has 0 bridgehead atoms. The fourth-order valence-electron chi connectivity index (χ4n) is 2.42. The lowest BCUT2D eigenvalue weighted by Gasteiger charge is -2.30. The predicted molar refractivity (Wildman–Crippen MR) is 72.5 cm³/mol. The van der Waals surface area contributed by atoms with E-state index < -0.39 is 6.10 Å². The first-order chi connectivity index (χ1) is 9.28. The molecule has 0 fully saturated rings. The monoisotopic (exact) mass is 256 g/mol. The van der Waals surface area contributed by atoms with Crippen LogP contribution in [0.4, 0.5) is 0 Å². The summed E-state index contributed by atoms with van der Waals surface area (Å²) in [5, 5.41) is 10.2. The molecular weight excluding hydrogens is 240 g/mol. The van der Waals surface area contributed by atoms with Crippen molar-refractivity contribution in [2.24, 2.45) is 0 Å². The number of hydrogen-bond donors (Lipinski definition) is 1. The second-order valence-electron chi connectivity index (χ2n) is 4.69. The highest BCUT2D eigenvalue weighted by atomic mass is 16.5. The molecule has 98 valence electrons. The van der Waals surface area contributed by atoms with E-state index in [4.69, 9.17) is 9.47 Å². The first-order valence-electron chi connectivity index (χ1n) is 6.34. The molecule has 0 aromatic heterocycles. The molecule has 0 spiro atoms. The van der Waals surface area contributed by atoms with E-state index in [-0.39, 0.29) is 6.10 Å².